The van der Waals surface area contributed by atoms with Crippen LogP contribution in [0.15, 0.2) is 35.0 Å². The van der Waals surface area contributed by atoms with E-state index in [2.05, 4.69) is 30.6 Å². The standard InChI is InChI=1S/C27H38N2O7/c1-19(2)22-13-12-20(3)18-23(22)35-25(31)15-14-24(30)33-16-8-5-9-17-34-27-26(29(32)36-28-27)21-10-6-4-7-11-21/h4,6-7,10-11,19-20,22-23H,5,8-9,12-18H2,1-3H3/t20-,22+,23-/m1/s1. The average molecular weight is 503 g/mol. The molecule has 9 heteroatoms. The van der Waals surface area contributed by atoms with Gasteiger partial charge in [0, 0.05) is 5.56 Å². The van der Waals surface area contributed by atoms with Gasteiger partial charge in [0.25, 0.3) is 5.69 Å². The van der Waals surface area contributed by atoms with Gasteiger partial charge >= 0.3 is 17.8 Å². The van der Waals surface area contributed by atoms with Gasteiger partial charge in [0.05, 0.1) is 31.2 Å². The van der Waals surface area contributed by atoms with Gasteiger partial charge in [-0.1, -0.05) is 57.5 Å². The summed E-state index contributed by atoms with van der Waals surface area (Å²) in [5.74, 6) is 0.841. The highest BCUT2D eigenvalue weighted by Gasteiger charge is 2.33. The summed E-state index contributed by atoms with van der Waals surface area (Å²) < 4.78 is 21.3. The van der Waals surface area contributed by atoms with Crippen LogP contribution >= 0.6 is 0 Å². The number of benzene rings is 1. The molecule has 0 aliphatic heterocycles. The third-order valence-corrected chi connectivity index (χ3v) is 6.70. The Morgan fingerprint density at radius 1 is 1.08 bits per heavy atom. The van der Waals surface area contributed by atoms with Crippen molar-refractivity contribution in [1.82, 2.24) is 5.16 Å². The van der Waals surface area contributed by atoms with Gasteiger partial charge in [-0.15, -0.1) is 0 Å². The second kappa shape index (κ2) is 13.8. The highest BCUT2D eigenvalue weighted by atomic mass is 16.8. The minimum atomic E-state index is -0.393. The Bertz CT molecular complexity index is 960. The van der Waals surface area contributed by atoms with Crippen LogP contribution in [0, 0.1) is 23.0 Å². The molecule has 1 aromatic heterocycles. The third-order valence-electron chi connectivity index (χ3n) is 6.70. The lowest BCUT2D eigenvalue weighted by Crippen LogP contribution is -2.35. The topological polar surface area (TPSA) is 115 Å². The molecule has 1 aliphatic rings. The molecule has 0 unspecified atom stereocenters. The van der Waals surface area contributed by atoms with E-state index in [1.54, 1.807) is 12.1 Å². The van der Waals surface area contributed by atoms with Crippen LogP contribution in [-0.2, 0) is 19.1 Å². The quantitative estimate of drug-likeness (QED) is 0.217. The fourth-order valence-electron chi connectivity index (χ4n) is 4.65. The maximum absolute atomic E-state index is 12.3. The largest absolute Gasteiger partial charge is 0.466 e. The highest BCUT2D eigenvalue weighted by Crippen LogP contribution is 2.35. The molecule has 1 aliphatic carbocycles. The number of rotatable bonds is 13. The first-order chi connectivity index (χ1) is 17.3. The van der Waals surface area contributed by atoms with Crippen molar-refractivity contribution < 1.29 is 33.3 Å². The SMILES string of the molecule is CC(C)[C@@H]1CC[C@@H](C)C[C@H]1OC(=O)CCC(=O)OCCCCCOc1no[n+]([O-])c1-c1ccccc1. The zero-order valence-electron chi connectivity index (χ0n) is 21.5. The summed E-state index contributed by atoms with van der Waals surface area (Å²) in [6, 6.07) is 9.04. The number of hydrogen-bond donors (Lipinski definition) is 0. The molecule has 9 nitrogen and oxygen atoms in total. The molecule has 3 rings (SSSR count). The van der Waals surface area contributed by atoms with Crippen molar-refractivity contribution >= 4 is 11.9 Å². The number of esters is 2. The van der Waals surface area contributed by atoms with Crippen LogP contribution in [0.1, 0.15) is 72.1 Å². The maximum Gasteiger partial charge on any atom is 0.402 e. The molecular formula is C27H38N2O7. The Balaban J connectivity index is 1.27. The summed E-state index contributed by atoms with van der Waals surface area (Å²) >= 11 is 0. The fraction of sp³-hybridized carbons (Fsp3) is 0.630. The van der Waals surface area contributed by atoms with Crippen molar-refractivity contribution in [3.05, 3.63) is 35.5 Å². The second-order valence-electron chi connectivity index (χ2n) is 9.93. The maximum atomic E-state index is 12.3. The molecule has 1 aromatic carbocycles. The number of carbonyl (C=O) groups is 2. The molecule has 198 valence electrons. The summed E-state index contributed by atoms with van der Waals surface area (Å²) in [6.45, 7) is 7.16. The molecular weight excluding hydrogens is 464 g/mol. The van der Waals surface area contributed by atoms with Gasteiger partial charge in [-0.25, -0.2) is 0 Å². The number of carbonyl (C=O) groups excluding carboxylic acids is 2. The first kappa shape index (κ1) is 27.5. The predicted molar refractivity (Wildman–Crippen MR) is 132 cm³/mol. The Kier molecular flexibility index (Phi) is 10.6. The molecule has 0 radical (unpaired) electrons. The van der Waals surface area contributed by atoms with Crippen LogP contribution < -0.4 is 9.64 Å². The van der Waals surface area contributed by atoms with Gasteiger partial charge < -0.3 is 19.4 Å². The summed E-state index contributed by atoms with van der Waals surface area (Å²) in [5, 5.41) is 15.5. The van der Waals surface area contributed by atoms with Crippen LogP contribution in [-0.4, -0.2) is 36.4 Å². The Hall–Kier alpha value is -3.10. The summed E-state index contributed by atoms with van der Waals surface area (Å²) in [4.78, 5) is 24.6. The van der Waals surface area contributed by atoms with E-state index in [-0.39, 0.29) is 43.1 Å². The van der Waals surface area contributed by atoms with Crippen molar-refractivity contribution in [3.8, 4) is 17.1 Å². The van der Waals surface area contributed by atoms with E-state index < -0.39 is 5.97 Å². The molecule has 1 fully saturated rings. The van der Waals surface area contributed by atoms with E-state index in [1.165, 1.54) is 6.42 Å². The van der Waals surface area contributed by atoms with E-state index in [0.717, 1.165) is 19.3 Å². The predicted octanol–water partition coefficient (Wildman–Crippen LogP) is 4.85. The Morgan fingerprint density at radius 3 is 2.56 bits per heavy atom. The van der Waals surface area contributed by atoms with Gasteiger partial charge in [0.2, 0.25) is 0 Å². The number of aromatic nitrogens is 2. The first-order valence-electron chi connectivity index (χ1n) is 13.0. The zero-order valence-corrected chi connectivity index (χ0v) is 21.5. The lowest BCUT2D eigenvalue weighted by Gasteiger charge is -2.36. The number of nitrogens with zero attached hydrogens (tertiary/aromatic N) is 2. The average Bonchev–Trinajstić information content (AvgIpc) is 3.22. The van der Waals surface area contributed by atoms with Gasteiger partial charge in [-0.05, 0) is 54.8 Å². The van der Waals surface area contributed by atoms with Crippen LogP contribution in [0.4, 0.5) is 0 Å². The van der Waals surface area contributed by atoms with E-state index in [0.29, 0.717) is 47.7 Å². The van der Waals surface area contributed by atoms with E-state index in [1.807, 2.05) is 18.2 Å². The number of unbranched alkanes of at least 4 members (excludes halogenated alkanes) is 2. The van der Waals surface area contributed by atoms with Gasteiger partial charge in [-0.2, -0.15) is 0 Å². The molecule has 0 saturated heterocycles. The Morgan fingerprint density at radius 2 is 1.81 bits per heavy atom. The van der Waals surface area contributed by atoms with Gasteiger partial charge in [0.15, 0.2) is 0 Å². The third kappa shape index (κ3) is 8.24. The van der Waals surface area contributed by atoms with Crippen LogP contribution in [0.25, 0.3) is 11.3 Å². The molecule has 1 heterocycles. The minimum absolute atomic E-state index is 0.0280. The lowest BCUT2D eigenvalue weighted by atomic mass is 9.75. The normalized spacial score (nSPS) is 19.7. The van der Waals surface area contributed by atoms with E-state index in [9.17, 15) is 14.8 Å². The van der Waals surface area contributed by atoms with Crippen LogP contribution in [0.3, 0.4) is 0 Å². The van der Waals surface area contributed by atoms with Crippen LogP contribution in [0.5, 0.6) is 5.88 Å². The second-order valence-corrected chi connectivity index (χ2v) is 9.93. The van der Waals surface area contributed by atoms with Crippen molar-refractivity contribution in [2.24, 2.45) is 17.8 Å². The molecule has 1 saturated carbocycles. The van der Waals surface area contributed by atoms with Crippen LogP contribution in [0.2, 0.25) is 0 Å². The smallest absolute Gasteiger partial charge is 0.402 e. The highest BCUT2D eigenvalue weighted by molar-refractivity contribution is 5.77. The van der Waals surface area contributed by atoms with Crippen molar-refractivity contribution in [3.63, 3.8) is 0 Å². The molecule has 0 N–H and O–H groups in total. The van der Waals surface area contributed by atoms with Crippen molar-refractivity contribution in [1.29, 1.82) is 0 Å². The lowest BCUT2D eigenvalue weighted by molar-refractivity contribution is -0.793. The fourth-order valence-corrected chi connectivity index (χ4v) is 4.65. The summed E-state index contributed by atoms with van der Waals surface area (Å²) in [7, 11) is 0. The monoisotopic (exact) mass is 502 g/mol. The molecule has 0 spiro atoms. The minimum Gasteiger partial charge on any atom is -0.466 e. The Labute approximate surface area is 212 Å². The molecule has 36 heavy (non-hydrogen) atoms. The van der Waals surface area contributed by atoms with Gasteiger partial charge in [-0.3, -0.25) is 14.2 Å². The van der Waals surface area contributed by atoms with Crippen molar-refractivity contribution in [2.75, 3.05) is 13.2 Å². The van der Waals surface area contributed by atoms with Crippen molar-refractivity contribution in [2.45, 2.75) is 78.2 Å². The number of ether oxygens (including phenoxy) is 3. The van der Waals surface area contributed by atoms with E-state index >= 15 is 0 Å². The molecule has 0 bridgehead atoms. The zero-order chi connectivity index (χ0) is 25.9. The molecule has 0 amide bonds. The molecule has 2 aromatic rings. The van der Waals surface area contributed by atoms with Gasteiger partial charge in [0.1, 0.15) is 6.10 Å². The molecule has 3 atom stereocenters. The summed E-state index contributed by atoms with van der Waals surface area (Å²) in [6.07, 6.45) is 5.29. The van der Waals surface area contributed by atoms with E-state index in [4.69, 9.17) is 14.2 Å². The summed E-state index contributed by atoms with van der Waals surface area (Å²) in [5.41, 5.74) is 0.897. The number of hydrogen-bond acceptors (Lipinski definition) is 8. The first-order valence-corrected chi connectivity index (χ1v) is 13.0.